The largest absolute Gasteiger partial charge is 0.394 e. The van der Waals surface area contributed by atoms with Gasteiger partial charge < -0.3 is 24.4 Å². The number of ether oxygens (including phenoxy) is 3. The van der Waals surface area contributed by atoms with Crippen molar-refractivity contribution in [3.05, 3.63) is 0 Å². The van der Waals surface area contributed by atoms with E-state index in [4.69, 9.17) is 24.4 Å². The summed E-state index contributed by atoms with van der Waals surface area (Å²) in [7, 11) is 0. The molecule has 0 aromatic carbocycles. The Bertz CT molecular complexity index is 215. The molecule has 0 aromatic rings. The average Bonchev–Trinajstić information content (AvgIpc) is 2.50. The van der Waals surface area contributed by atoms with Gasteiger partial charge in [0.1, 0.15) is 0 Å². The predicted molar refractivity (Wildman–Crippen MR) is 90.2 cm³/mol. The zero-order valence-electron chi connectivity index (χ0n) is 15.5. The lowest BCUT2D eigenvalue weighted by Crippen LogP contribution is -2.24. The molecule has 136 valence electrons. The van der Waals surface area contributed by atoms with Crippen LogP contribution in [-0.2, 0) is 14.2 Å². The van der Waals surface area contributed by atoms with Crippen molar-refractivity contribution in [2.24, 2.45) is 0 Å². The van der Waals surface area contributed by atoms with Crippen LogP contribution in [0.5, 0.6) is 0 Å². The van der Waals surface area contributed by atoms with Gasteiger partial charge in [0.15, 0.2) is 0 Å². The second kappa shape index (κ2) is 15.7. The maximum absolute atomic E-state index is 8.92. The zero-order chi connectivity index (χ0) is 17.5. The Morgan fingerprint density at radius 1 is 0.727 bits per heavy atom. The van der Waals surface area contributed by atoms with Gasteiger partial charge in [-0.3, -0.25) is 0 Å². The molecule has 5 heteroatoms. The molecule has 0 aliphatic heterocycles. The van der Waals surface area contributed by atoms with Crippen LogP contribution < -0.4 is 0 Å². The molecule has 0 spiro atoms. The second-order valence-corrected chi connectivity index (χ2v) is 5.89. The molecule has 5 unspecified atom stereocenters. The van der Waals surface area contributed by atoms with Crippen molar-refractivity contribution in [1.29, 1.82) is 0 Å². The molecule has 0 radical (unpaired) electrons. The zero-order valence-corrected chi connectivity index (χ0v) is 15.5. The summed E-state index contributed by atoms with van der Waals surface area (Å²) in [4.78, 5) is 0. The van der Waals surface area contributed by atoms with Crippen molar-refractivity contribution in [2.75, 3.05) is 19.8 Å². The van der Waals surface area contributed by atoms with Crippen LogP contribution in [0.25, 0.3) is 0 Å². The van der Waals surface area contributed by atoms with Crippen molar-refractivity contribution in [2.45, 2.75) is 91.8 Å². The van der Waals surface area contributed by atoms with E-state index in [-0.39, 0.29) is 18.8 Å². The van der Waals surface area contributed by atoms with E-state index in [1.54, 1.807) is 13.8 Å². The van der Waals surface area contributed by atoms with Crippen molar-refractivity contribution in [1.82, 2.24) is 0 Å². The van der Waals surface area contributed by atoms with Crippen LogP contribution in [0, 0.1) is 0 Å². The standard InChI is InChI=1S/C9H20O4.C8H18O/c1-7(11)5-12-9(3)6-13-8(2)4-10;1-5-7(3)9-8(4)6-2/h7-11H,4-6H2,1-3H3;7-8H,5-6H2,1-4H3. The molecule has 0 heterocycles. The summed E-state index contributed by atoms with van der Waals surface area (Å²) in [5.74, 6) is 0. The van der Waals surface area contributed by atoms with Crippen molar-refractivity contribution >= 4 is 0 Å². The van der Waals surface area contributed by atoms with Crippen LogP contribution in [-0.4, -0.2) is 60.6 Å². The van der Waals surface area contributed by atoms with Gasteiger partial charge in [-0.05, 0) is 47.5 Å². The third kappa shape index (κ3) is 17.9. The Morgan fingerprint density at radius 2 is 1.18 bits per heavy atom. The van der Waals surface area contributed by atoms with Crippen LogP contribution in [0.3, 0.4) is 0 Å². The summed E-state index contributed by atoms with van der Waals surface area (Å²) in [6, 6.07) is 0. The first-order valence-corrected chi connectivity index (χ1v) is 8.44. The second-order valence-electron chi connectivity index (χ2n) is 5.89. The van der Waals surface area contributed by atoms with Gasteiger partial charge in [-0.1, -0.05) is 13.8 Å². The Labute approximate surface area is 137 Å². The normalized spacial score (nSPS) is 17.9. The molecular weight excluding hydrogens is 284 g/mol. The highest BCUT2D eigenvalue weighted by molar-refractivity contribution is 4.53. The number of aliphatic hydroxyl groups is 2. The van der Waals surface area contributed by atoms with E-state index in [0.29, 0.717) is 25.4 Å². The molecule has 5 nitrogen and oxygen atoms in total. The van der Waals surface area contributed by atoms with E-state index >= 15 is 0 Å². The highest BCUT2D eigenvalue weighted by Gasteiger charge is 2.07. The number of rotatable bonds is 11. The predicted octanol–water partition coefficient (Wildman–Crippen LogP) is 2.77. The molecule has 0 aliphatic rings. The Balaban J connectivity index is 0. The van der Waals surface area contributed by atoms with Gasteiger partial charge in [0, 0.05) is 0 Å². The molecule has 0 rings (SSSR count). The Kier molecular flexibility index (Phi) is 17.2. The molecule has 22 heavy (non-hydrogen) atoms. The molecular formula is C17H38O5. The highest BCUT2D eigenvalue weighted by Crippen LogP contribution is 2.03. The third-order valence-electron chi connectivity index (χ3n) is 3.11. The fourth-order valence-electron chi connectivity index (χ4n) is 1.29. The SMILES string of the molecule is CC(O)COC(C)COC(C)CO.CCC(C)OC(C)CC. The summed E-state index contributed by atoms with van der Waals surface area (Å²) >= 11 is 0. The monoisotopic (exact) mass is 322 g/mol. The molecule has 0 aliphatic carbocycles. The molecule has 2 N–H and O–H groups in total. The van der Waals surface area contributed by atoms with Crippen LogP contribution in [0.1, 0.15) is 61.3 Å². The first-order valence-electron chi connectivity index (χ1n) is 8.44. The minimum absolute atomic E-state index is 0.0170. The number of hydrogen-bond acceptors (Lipinski definition) is 5. The molecule has 0 fully saturated rings. The lowest BCUT2D eigenvalue weighted by atomic mass is 10.3. The first kappa shape index (κ1) is 24.1. The van der Waals surface area contributed by atoms with Gasteiger partial charge in [-0.15, -0.1) is 0 Å². The molecule has 5 atom stereocenters. The van der Waals surface area contributed by atoms with Crippen LogP contribution in [0.2, 0.25) is 0 Å². The maximum Gasteiger partial charge on any atom is 0.0781 e. The lowest BCUT2D eigenvalue weighted by molar-refractivity contribution is -0.0620. The molecule has 0 saturated heterocycles. The van der Waals surface area contributed by atoms with Crippen molar-refractivity contribution in [3.63, 3.8) is 0 Å². The van der Waals surface area contributed by atoms with E-state index in [1.807, 2.05) is 6.92 Å². The third-order valence-corrected chi connectivity index (χ3v) is 3.11. The Hall–Kier alpha value is -0.200. The van der Waals surface area contributed by atoms with Crippen molar-refractivity contribution in [3.8, 4) is 0 Å². The van der Waals surface area contributed by atoms with Crippen LogP contribution in [0.4, 0.5) is 0 Å². The van der Waals surface area contributed by atoms with E-state index in [9.17, 15) is 0 Å². The van der Waals surface area contributed by atoms with Gasteiger partial charge in [0.05, 0.1) is 50.3 Å². The molecule has 0 aromatic heterocycles. The minimum Gasteiger partial charge on any atom is -0.394 e. The summed E-state index contributed by atoms with van der Waals surface area (Å²) in [6.45, 7) is 14.6. The molecule has 0 amide bonds. The Morgan fingerprint density at radius 3 is 1.55 bits per heavy atom. The fraction of sp³-hybridized carbons (Fsp3) is 1.00. The van der Waals surface area contributed by atoms with E-state index in [2.05, 4.69) is 27.7 Å². The fourth-order valence-corrected chi connectivity index (χ4v) is 1.29. The van der Waals surface area contributed by atoms with Gasteiger partial charge >= 0.3 is 0 Å². The van der Waals surface area contributed by atoms with Gasteiger partial charge in [-0.25, -0.2) is 0 Å². The average molecular weight is 322 g/mol. The van der Waals surface area contributed by atoms with E-state index in [1.165, 1.54) is 0 Å². The summed E-state index contributed by atoms with van der Waals surface area (Å²) in [5.41, 5.74) is 0. The summed E-state index contributed by atoms with van der Waals surface area (Å²) in [6.07, 6.45) is 2.44. The van der Waals surface area contributed by atoms with E-state index < -0.39 is 6.10 Å². The van der Waals surface area contributed by atoms with Crippen LogP contribution in [0.15, 0.2) is 0 Å². The smallest absolute Gasteiger partial charge is 0.0781 e. The molecule has 0 bridgehead atoms. The summed E-state index contributed by atoms with van der Waals surface area (Å²) in [5, 5.41) is 17.6. The van der Waals surface area contributed by atoms with Gasteiger partial charge in [0.25, 0.3) is 0 Å². The maximum atomic E-state index is 8.92. The lowest BCUT2D eigenvalue weighted by Gasteiger charge is -2.16. The molecule has 0 saturated carbocycles. The topological polar surface area (TPSA) is 68.2 Å². The quantitative estimate of drug-likeness (QED) is 0.612. The van der Waals surface area contributed by atoms with Gasteiger partial charge in [0.2, 0.25) is 0 Å². The van der Waals surface area contributed by atoms with Gasteiger partial charge in [-0.2, -0.15) is 0 Å². The van der Waals surface area contributed by atoms with E-state index in [0.717, 1.165) is 12.8 Å². The first-order chi connectivity index (χ1) is 10.3. The minimum atomic E-state index is -0.447. The van der Waals surface area contributed by atoms with Crippen molar-refractivity contribution < 1.29 is 24.4 Å². The number of aliphatic hydroxyl groups excluding tert-OH is 2. The summed E-state index contributed by atoms with van der Waals surface area (Å²) < 4.78 is 16.0. The number of hydrogen-bond donors (Lipinski definition) is 2. The van der Waals surface area contributed by atoms with Crippen LogP contribution >= 0.6 is 0 Å². The highest BCUT2D eigenvalue weighted by atomic mass is 16.5.